The number of carbonyl (C=O) groups is 2. The minimum Gasteiger partial charge on any atom is -0.362 e. The molecule has 1 aliphatic rings. The average Bonchev–Trinajstić information content (AvgIpc) is 2.63. The number of amides is 2. The molecule has 0 aromatic heterocycles. The smallest absolute Gasteiger partial charge is 0.243 e. The predicted octanol–water partition coefficient (Wildman–Crippen LogP) is 3.26. The summed E-state index contributed by atoms with van der Waals surface area (Å²) in [6.45, 7) is 6.71. The maximum absolute atomic E-state index is 13.4. The molecule has 3 rings (SSSR count). The number of nitrogens with zero attached hydrogens (tertiary/aromatic N) is 1. The Hall–Kier alpha value is -2.89. The summed E-state index contributed by atoms with van der Waals surface area (Å²) >= 11 is 0. The van der Waals surface area contributed by atoms with Crippen LogP contribution in [0.3, 0.4) is 0 Å². The molecule has 0 fully saturated rings. The van der Waals surface area contributed by atoms with Gasteiger partial charge in [-0.2, -0.15) is 0 Å². The SMILES string of the molecule is Cc1cc(C)c(NC(=O)CNC(=O)CN2CCCc3cc(F)ccc32)c(C)c1. The lowest BCUT2D eigenvalue weighted by atomic mass is 10.0. The lowest BCUT2D eigenvalue weighted by Crippen LogP contribution is -2.42. The Morgan fingerprint density at radius 3 is 2.50 bits per heavy atom. The zero-order valence-electron chi connectivity index (χ0n) is 16.6. The number of benzene rings is 2. The monoisotopic (exact) mass is 383 g/mol. The van der Waals surface area contributed by atoms with E-state index in [1.165, 1.54) is 12.1 Å². The fraction of sp³-hybridized carbons (Fsp3) is 0.364. The zero-order valence-corrected chi connectivity index (χ0v) is 16.6. The van der Waals surface area contributed by atoms with E-state index >= 15 is 0 Å². The second-order valence-corrected chi connectivity index (χ2v) is 7.40. The summed E-state index contributed by atoms with van der Waals surface area (Å²) in [6.07, 6.45) is 1.68. The summed E-state index contributed by atoms with van der Waals surface area (Å²) in [5, 5.41) is 5.55. The minimum absolute atomic E-state index is 0.0876. The Kier molecular flexibility index (Phi) is 5.97. The third-order valence-electron chi connectivity index (χ3n) is 4.98. The van der Waals surface area contributed by atoms with Crippen LogP contribution in [0.25, 0.3) is 0 Å². The molecule has 0 aliphatic carbocycles. The highest BCUT2D eigenvalue weighted by atomic mass is 19.1. The van der Waals surface area contributed by atoms with Gasteiger partial charge in [0.05, 0.1) is 13.1 Å². The molecule has 0 unspecified atom stereocenters. The third-order valence-corrected chi connectivity index (χ3v) is 4.98. The Morgan fingerprint density at radius 1 is 1.07 bits per heavy atom. The topological polar surface area (TPSA) is 61.4 Å². The van der Waals surface area contributed by atoms with E-state index in [0.29, 0.717) is 0 Å². The third kappa shape index (κ3) is 4.68. The number of carbonyl (C=O) groups excluding carboxylic acids is 2. The number of halogens is 1. The number of nitrogens with one attached hydrogen (secondary N) is 2. The van der Waals surface area contributed by atoms with Crippen LogP contribution in [0.5, 0.6) is 0 Å². The molecule has 1 aliphatic heterocycles. The quantitative estimate of drug-likeness (QED) is 0.833. The van der Waals surface area contributed by atoms with Crippen LogP contribution < -0.4 is 15.5 Å². The molecule has 28 heavy (non-hydrogen) atoms. The molecule has 6 heteroatoms. The van der Waals surface area contributed by atoms with Crippen molar-refractivity contribution in [2.24, 2.45) is 0 Å². The van der Waals surface area contributed by atoms with Gasteiger partial charge in [0.15, 0.2) is 0 Å². The van der Waals surface area contributed by atoms with Gasteiger partial charge in [0, 0.05) is 17.9 Å². The molecule has 148 valence electrons. The fourth-order valence-electron chi connectivity index (χ4n) is 3.78. The first-order valence-corrected chi connectivity index (χ1v) is 9.51. The van der Waals surface area contributed by atoms with E-state index < -0.39 is 0 Å². The van der Waals surface area contributed by atoms with E-state index in [2.05, 4.69) is 10.6 Å². The Balaban J connectivity index is 1.55. The van der Waals surface area contributed by atoms with Gasteiger partial charge in [-0.1, -0.05) is 17.7 Å². The fourth-order valence-corrected chi connectivity index (χ4v) is 3.78. The summed E-state index contributed by atoms with van der Waals surface area (Å²) < 4.78 is 13.4. The molecule has 0 spiro atoms. The van der Waals surface area contributed by atoms with Gasteiger partial charge in [0.1, 0.15) is 5.82 Å². The predicted molar refractivity (Wildman–Crippen MR) is 109 cm³/mol. The molecule has 0 saturated heterocycles. The van der Waals surface area contributed by atoms with Crippen LogP contribution in [-0.4, -0.2) is 31.4 Å². The van der Waals surface area contributed by atoms with Gasteiger partial charge in [-0.15, -0.1) is 0 Å². The van der Waals surface area contributed by atoms with Crippen molar-refractivity contribution in [3.8, 4) is 0 Å². The highest BCUT2D eigenvalue weighted by Gasteiger charge is 2.20. The molecule has 0 atom stereocenters. The van der Waals surface area contributed by atoms with Crippen LogP contribution in [-0.2, 0) is 16.0 Å². The summed E-state index contributed by atoms with van der Waals surface area (Å²) in [5.41, 5.74) is 5.73. The Labute approximate surface area is 164 Å². The first-order valence-electron chi connectivity index (χ1n) is 9.51. The molecule has 2 amide bonds. The van der Waals surface area contributed by atoms with Gasteiger partial charge in [-0.3, -0.25) is 9.59 Å². The highest BCUT2D eigenvalue weighted by molar-refractivity contribution is 5.96. The average molecular weight is 383 g/mol. The van der Waals surface area contributed by atoms with Crippen molar-refractivity contribution in [1.82, 2.24) is 5.32 Å². The van der Waals surface area contributed by atoms with E-state index in [0.717, 1.165) is 53.0 Å². The lowest BCUT2D eigenvalue weighted by molar-refractivity contribution is -0.123. The van der Waals surface area contributed by atoms with Crippen molar-refractivity contribution >= 4 is 23.2 Å². The Bertz CT molecular complexity index is 888. The van der Waals surface area contributed by atoms with E-state index in [1.807, 2.05) is 37.8 Å². The normalized spacial score (nSPS) is 13.1. The number of fused-ring (bicyclic) bond motifs is 1. The molecule has 0 bridgehead atoms. The zero-order chi connectivity index (χ0) is 20.3. The maximum atomic E-state index is 13.4. The lowest BCUT2D eigenvalue weighted by Gasteiger charge is -2.30. The summed E-state index contributed by atoms with van der Waals surface area (Å²) in [7, 11) is 0. The Morgan fingerprint density at radius 2 is 1.79 bits per heavy atom. The molecule has 0 saturated carbocycles. The van der Waals surface area contributed by atoms with Gasteiger partial charge in [0.25, 0.3) is 0 Å². The first-order chi connectivity index (χ1) is 13.3. The molecule has 2 N–H and O–H groups in total. The van der Waals surface area contributed by atoms with Crippen molar-refractivity contribution in [1.29, 1.82) is 0 Å². The molecule has 2 aromatic rings. The van der Waals surface area contributed by atoms with Crippen molar-refractivity contribution in [2.75, 3.05) is 29.9 Å². The van der Waals surface area contributed by atoms with Gasteiger partial charge >= 0.3 is 0 Å². The van der Waals surface area contributed by atoms with Crippen molar-refractivity contribution in [2.45, 2.75) is 33.6 Å². The van der Waals surface area contributed by atoms with Gasteiger partial charge in [-0.05, 0) is 68.5 Å². The van der Waals surface area contributed by atoms with Crippen molar-refractivity contribution in [3.05, 3.63) is 58.4 Å². The van der Waals surface area contributed by atoms with E-state index in [-0.39, 0.29) is 30.7 Å². The molecular formula is C22H26FN3O2. The number of hydrogen-bond donors (Lipinski definition) is 2. The molecule has 1 heterocycles. The standard InChI is InChI=1S/C22H26FN3O2/c1-14-9-15(2)22(16(3)10-14)25-20(27)12-24-21(28)13-26-8-4-5-17-11-18(23)6-7-19(17)26/h6-7,9-11H,4-5,8,12-13H2,1-3H3,(H,24,28)(H,25,27). The van der Waals surface area contributed by atoms with Crippen LogP contribution >= 0.6 is 0 Å². The first kappa shape index (κ1) is 19.9. The number of hydrogen-bond acceptors (Lipinski definition) is 3. The van der Waals surface area contributed by atoms with Gasteiger partial charge in [0.2, 0.25) is 11.8 Å². The van der Waals surface area contributed by atoms with E-state index in [4.69, 9.17) is 0 Å². The highest BCUT2D eigenvalue weighted by Crippen LogP contribution is 2.27. The minimum atomic E-state index is -0.261. The van der Waals surface area contributed by atoms with Crippen molar-refractivity contribution in [3.63, 3.8) is 0 Å². The van der Waals surface area contributed by atoms with Crippen LogP contribution in [0.15, 0.2) is 30.3 Å². The van der Waals surface area contributed by atoms with E-state index in [1.54, 1.807) is 6.07 Å². The van der Waals surface area contributed by atoms with Crippen LogP contribution in [0.2, 0.25) is 0 Å². The molecular weight excluding hydrogens is 357 g/mol. The number of rotatable bonds is 5. The largest absolute Gasteiger partial charge is 0.362 e. The maximum Gasteiger partial charge on any atom is 0.243 e. The van der Waals surface area contributed by atoms with Gasteiger partial charge in [-0.25, -0.2) is 4.39 Å². The second-order valence-electron chi connectivity index (χ2n) is 7.40. The van der Waals surface area contributed by atoms with Crippen LogP contribution in [0.4, 0.5) is 15.8 Å². The van der Waals surface area contributed by atoms with Crippen molar-refractivity contribution < 1.29 is 14.0 Å². The van der Waals surface area contributed by atoms with E-state index in [9.17, 15) is 14.0 Å². The van der Waals surface area contributed by atoms with Gasteiger partial charge < -0.3 is 15.5 Å². The molecule has 5 nitrogen and oxygen atoms in total. The van der Waals surface area contributed by atoms with Crippen LogP contribution in [0.1, 0.15) is 28.7 Å². The number of anilines is 2. The second kappa shape index (κ2) is 8.42. The number of aryl methyl sites for hydroxylation is 4. The summed E-state index contributed by atoms with van der Waals surface area (Å²) in [4.78, 5) is 26.5. The molecule has 0 radical (unpaired) electrons. The molecule has 2 aromatic carbocycles. The van der Waals surface area contributed by atoms with Crippen LogP contribution in [0, 0.1) is 26.6 Å². The summed E-state index contributed by atoms with van der Waals surface area (Å²) in [5.74, 6) is -0.752. The summed E-state index contributed by atoms with van der Waals surface area (Å²) in [6, 6.07) is 8.68.